The molecule has 0 saturated heterocycles. The number of fused-ring (bicyclic) bond motifs is 5. The Kier molecular flexibility index (Phi) is 4.01. The standard InChI is InChI=1S/C26H23N/c1-18-8-12-23-21(10-9-19-5-4-14-27-17-19)16-26-22-7-3-2-6-20(22)11-13-24(26)25(23)15-18/h2,4-6,8-15,17,21H,3,7,16H2,1H3/b10-9-. The Bertz CT molecular complexity index is 1060. The van der Waals surface area contributed by atoms with Gasteiger partial charge in [-0.2, -0.15) is 0 Å². The summed E-state index contributed by atoms with van der Waals surface area (Å²) in [7, 11) is 0. The number of rotatable bonds is 2. The van der Waals surface area contributed by atoms with E-state index in [4.69, 9.17) is 0 Å². The van der Waals surface area contributed by atoms with Crippen molar-refractivity contribution in [3.05, 3.63) is 100 Å². The maximum Gasteiger partial charge on any atom is 0.0340 e. The van der Waals surface area contributed by atoms with Crippen LogP contribution >= 0.6 is 0 Å². The molecule has 1 heteroatoms. The molecule has 0 amide bonds. The van der Waals surface area contributed by atoms with Gasteiger partial charge in [-0.3, -0.25) is 4.98 Å². The van der Waals surface area contributed by atoms with Crippen LogP contribution in [0.4, 0.5) is 0 Å². The lowest BCUT2D eigenvalue weighted by atomic mass is 9.74. The van der Waals surface area contributed by atoms with Crippen LogP contribution in [0, 0.1) is 6.92 Å². The Morgan fingerprint density at radius 2 is 2.00 bits per heavy atom. The van der Waals surface area contributed by atoms with Crippen LogP contribution in [0.25, 0.3) is 23.3 Å². The molecule has 0 radical (unpaired) electrons. The largest absolute Gasteiger partial charge is 0.264 e. The highest BCUT2D eigenvalue weighted by Crippen LogP contribution is 2.44. The Balaban J connectivity index is 1.64. The first-order valence-electron chi connectivity index (χ1n) is 9.80. The van der Waals surface area contributed by atoms with Gasteiger partial charge < -0.3 is 0 Å². The molecule has 1 unspecified atom stereocenters. The van der Waals surface area contributed by atoms with Gasteiger partial charge in [0, 0.05) is 18.3 Å². The minimum absolute atomic E-state index is 0.408. The van der Waals surface area contributed by atoms with Crippen molar-refractivity contribution in [3.8, 4) is 11.1 Å². The third-order valence-electron chi connectivity index (χ3n) is 5.85. The minimum atomic E-state index is 0.408. The molecule has 0 bridgehead atoms. The predicted molar refractivity (Wildman–Crippen MR) is 114 cm³/mol. The summed E-state index contributed by atoms with van der Waals surface area (Å²) >= 11 is 0. The van der Waals surface area contributed by atoms with Gasteiger partial charge in [0.15, 0.2) is 0 Å². The van der Waals surface area contributed by atoms with E-state index in [2.05, 4.69) is 72.6 Å². The molecule has 3 aromatic rings. The summed E-state index contributed by atoms with van der Waals surface area (Å²) in [4.78, 5) is 4.24. The van der Waals surface area contributed by atoms with Crippen molar-refractivity contribution in [2.24, 2.45) is 0 Å². The van der Waals surface area contributed by atoms with E-state index in [-0.39, 0.29) is 0 Å². The van der Waals surface area contributed by atoms with E-state index in [0.717, 1.165) is 24.8 Å². The van der Waals surface area contributed by atoms with E-state index in [1.807, 2.05) is 18.5 Å². The molecule has 1 aromatic heterocycles. The molecule has 0 fully saturated rings. The number of hydrogen-bond donors (Lipinski definition) is 0. The summed E-state index contributed by atoms with van der Waals surface area (Å²) in [6, 6.07) is 15.7. The van der Waals surface area contributed by atoms with Crippen LogP contribution < -0.4 is 0 Å². The number of nitrogens with zero attached hydrogens (tertiary/aromatic N) is 1. The summed E-state index contributed by atoms with van der Waals surface area (Å²) in [5.41, 5.74) is 11.3. The molecule has 1 atom stereocenters. The normalized spacial score (nSPS) is 17.4. The van der Waals surface area contributed by atoms with Crippen molar-refractivity contribution in [2.45, 2.75) is 32.1 Å². The van der Waals surface area contributed by atoms with Crippen LogP contribution in [-0.2, 0) is 12.8 Å². The maximum atomic E-state index is 4.24. The van der Waals surface area contributed by atoms with E-state index >= 15 is 0 Å². The number of aromatic nitrogens is 1. The summed E-state index contributed by atoms with van der Waals surface area (Å²) in [5, 5.41) is 0. The lowest BCUT2D eigenvalue weighted by molar-refractivity contribution is 0.805. The lowest BCUT2D eigenvalue weighted by Crippen LogP contribution is -2.13. The van der Waals surface area contributed by atoms with E-state index in [1.165, 1.54) is 27.8 Å². The van der Waals surface area contributed by atoms with Gasteiger partial charge in [-0.05, 0) is 71.2 Å². The van der Waals surface area contributed by atoms with Crippen LogP contribution in [0.15, 0.2) is 67.0 Å². The number of hydrogen-bond acceptors (Lipinski definition) is 1. The molecular weight excluding hydrogens is 326 g/mol. The number of allylic oxidation sites excluding steroid dienone is 2. The highest BCUT2D eigenvalue weighted by atomic mass is 14.6. The first-order valence-corrected chi connectivity index (χ1v) is 9.80. The zero-order chi connectivity index (χ0) is 18.2. The van der Waals surface area contributed by atoms with E-state index in [9.17, 15) is 0 Å². The van der Waals surface area contributed by atoms with Crippen molar-refractivity contribution in [1.82, 2.24) is 4.98 Å². The second kappa shape index (κ2) is 6.66. The molecule has 0 N–H and O–H groups in total. The zero-order valence-electron chi connectivity index (χ0n) is 15.7. The van der Waals surface area contributed by atoms with Crippen LogP contribution in [0.1, 0.15) is 45.7 Å². The van der Waals surface area contributed by atoms with Gasteiger partial charge in [-0.1, -0.05) is 66.3 Å². The second-order valence-corrected chi connectivity index (χ2v) is 7.65. The molecule has 2 aliphatic rings. The summed E-state index contributed by atoms with van der Waals surface area (Å²) in [5.74, 6) is 0.408. The maximum absolute atomic E-state index is 4.24. The molecule has 2 aliphatic carbocycles. The Hall–Kier alpha value is -2.93. The van der Waals surface area contributed by atoms with Crippen LogP contribution in [0.3, 0.4) is 0 Å². The van der Waals surface area contributed by atoms with E-state index in [0.29, 0.717) is 5.92 Å². The highest BCUT2D eigenvalue weighted by Gasteiger charge is 2.26. The number of pyridine rings is 1. The Labute approximate surface area is 161 Å². The van der Waals surface area contributed by atoms with Crippen molar-refractivity contribution < 1.29 is 0 Å². The van der Waals surface area contributed by atoms with E-state index < -0.39 is 0 Å². The molecule has 27 heavy (non-hydrogen) atoms. The topological polar surface area (TPSA) is 12.9 Å². The summed E-state index contributed by atoms with van der Waals surface area (Å²) in [6.07, 6.45) is 16.3. The van der Waals surface area contributed by atoms with Crippen molar-refractivity contribution in [3.63, 3.8) is 0 Å². The van der Waals surface area contributed by atoms with Crippen LogP contribution in [-0.4, -0.2) is 4.98 Å². The average molecular weight is 349 g/mol. The minimum Gasteiger partial charge on any atom is -0.264 e. The molecular formula is C26H23N. The molecule has 132 valence electrons. The zero-order valence-corrected chi connectivity index (χ0v) is 15.7. The fraction of sp³-hybridized carbons (Fsp3) is 0.192. The first-order chi connectivity index (χ1) is 13.3. The van der Waals surface area contributed by atoms with Crippen molar-refractivity contribution >= 4 is 12.2 Å². The molecule has 1 nitrogen and oxygen atoms in total. The molecule has 0 spiro atoms. The molecule has 5 rings (SSSR count). The highest BCUT2D eigenvalue weighted by molar-refractivity contribution is 5.79. The van der Waals surface area contributed by atoms with Gasteiger partial charge in [0.1, 0.15) is 0 Å². The third-order valence-corrected chi connectivity index (χ3v) is 5.85. The Morgan fingerprint density at radius 1 is 1.04 bits per heavy atom. The fourth-order valence-corrected chi connectivity index (χ4v) is 4.52. The van der Waals surface area contributed by atoms with Gasteiger partial charge in [-0.25, -0.2) is 0 Å². The SMILES string of the molecule is Cc1ccc2c(c1)-c1ccc3c(c1CC2/C=C\c1cccnc1)CCC=C3. The van der Waals surface area contributed by atoms with Crippen LogP contribution in [0.5, 0.6) is 0 Å². The second-order valence-electron chi connectivity index (χ2n) is 7.65. The quantitative estimate of drug-likeness (QED) is 0.524. The third kappa shape index (κ3) is 2.94. The smallest absolute Gasteiger partial charge is 0.0340 e. The van der Waals surface area contributed by atoms with Gasteiger partial charge in [0.25, 0.3) is 0 Å². The van der Waals surface area contributed by atoms with Crippen LogP contribution in [0.2, 0.25) is 0 Å². The number of aryl methyl sites for hydroxylation is 1. The Morgan fingerprint density at radius 3 is 2.89 bits per heavy atom. The fourth-order valence-electron chi connectivity index (χ4n) is 4.52. The summed E-state index contributed by atoms with van der Waals surface area (Å²) < 4.78 is 0. The van der Waals surface area contributed by atoms with Gasteiger partial charge in [0.05, 0.1) is 0 Å². The molecule has 1 heterocycles. The number of benzene rings is 2. The predicted octanol–water partition coefficient (Wildman–Crippen LogP) is 6.37. The lowest BCUT2D eigenvalue weighted by Gasteiger charge is -2.30. The van der Waals surface area contributed by atoms with Crippen molar-refractivity contribution in [2.75, 3.05) is 0 Å². The molecule has 2 aromatic carbocycles. The monoisotopic (exact) mass is 349 g/mol. The van der Waals surface area contributed by atoms with E-state index in [1.54, 1.807) is 11.1 Å². The van der Waals surface area contributed by atoms with Gasteiger partial charge >= 0.3 is 0 Å². The first kappa shape index (κ1) is 16.3. The summed E-state index contributed by atoms with van der Waals surface area (Å²) in [6.45, 7) is 2.19. The van der Waals surface area contributed by atoms with Gasteiger partial charge in [0.2, 0.25) is 0 Å². The molecule has 0 saturated carbocycles. The average Bonchev–Trinajstić information content (AvgIpc) is 2.72. The van der Waals surface area contributed by atoms with Gasteiger partial charge in [-0.15, -0.1) is 0 Å². The molecule has 0 aliphatic heterocycles. The van der Waals surface area contributed by atoms with Crippen molar-refractivity contribution in [1.29, 1.82) is 0 Å².